The summed E-state index contributed by atoms with van der Waals surface area (Å²) in [5, 5.41) is 5.38. The quantitative estimate of drug-likeness (QED) is 0.374. The number of rotatable bonds is 7. The minimum absolute atomic E-state index is 0.209. The molecule has 1 fully saturated rings. The Morgan fingerprint density at radius 2 is 1.89 bits per heavy atom. The van der Waals surface area contributed by atoms with Gasteiger partial charge in [-0.15, -0.1) is 0 Å². The molecule has 1 aliphatic rings. The number of sulfone groups is 1. The summed E-state index contributed by atoms with van der Waals surface area (Å²) in [4.78, 5) is 7.24. The molecule has 0 saturated carbocycles. The highest BCUT2D eigenvalue weighted by molar-refractivity contribution is 7.91. The molecule has 190 valence electrons. The van der Waals surface area contributed by atoms with E-state index in [9.17, 15) is 12.8 Å². The van der Waals surface area contributed by atoms with Crippen molar-refractivity contribution in [2.24, 2.45) is 7.05 Å². The van der Waals surface area contributed by atoms with Crippen molar-refractivity contribution in [2.75, 3.05) is 25.1 Å². The van der Waals surface area contributed by atoms with Gasteiger partial charge in [0.05, 0.1) is 29.1 Å². The number of pyridine rings is 1. The molecule has 1 aromatic carbocycles. The highest BCUT2D eigenvalue weighted by atomic mass is 32.2. The molecule has 0 spiro atoms. The highest BCUT2D eigenvalue weighted by Crippen LogP contribution is 2.29. The van der Waals surface area contributed by atoms with Crippen LogP contribution in [0.2, 0.25) is 0 Å². The van der Waals surface area contributed by atoms with Crippen LogP contribution in [0.3, 0.4) is 0 Å². The first-order valence-electron chi connectivity index (χ1n) is 12.4. The van der Waals surface area contributed by atoms with Crippen LogP contribution in [0.4, 0.5) is 4.39 Å². The zero-order valence-electron chi connectivity index (χ0n) is 21.0. The van der Waals surface area contributed by atoms with Crippen molar-refractivity contribution in [1.29, 1.82) is 0 Å². The second-order valence-electron chi connectivity index (χ2n) is 9.74. The molecule has 9 heteroatoms. The van der Waals surface area contributed by atoms with Crippen LogP contribution in [0, 0.1) is 5.82 Å². The van der Waals surface area contributed by atoms with Gasteiger partial charge in [0.2, 0.25) is 0 Å². The van der Waals surface area contributed by atoms with Gasteiger partial charge in [0.25, 0.3) is 0 Å². The van der Waals surface area contributed by atoms with Gasteiger partial charge < -0.3 is 4.90 Å². The van der Waals surface area contributed by atoms with E-state index < -0.39 is 9.84 Å². The van der Waals surface area contributed by atoms with E-state index in [1.54, 1.807) is 10.7 Å². The second kappa shape index (κ2) is 9.78. The molecule has 4 aromatic rings. The van der Waals surface area contributed by atoms with E-state index in [0.717, 1.165) is 46.5 Å². The Balaban J connectivity index is 1.46. The summed E-state index contributed by atoms with van der Waals surface area (Å²) < 4.78 is 41.9. The highest BCUT2D eigenvalue weighted by Gasteiger charge is 2.26. The van der Waals surface area contributed by atoms with Gasteiger partial charge in [0.1, 0.15) is 21.3 Å². The fourth-order valence-corrected chi connectivity index (χ4v) is 6.52. The monoisotopic (exact) mass is 509 g/mol. The third-order valence-corrected chi connectivity index (χ3v) is 9.03. The number of halogens is 1. The number of aromatic nitrogens is 4. The number of fused-ring (bicyclic) bond motifs is 1. The molecule has 0 radical (unpaired) electrons. The van der Waals surface area contributed by atoms with Gasteiger partial charge in [-0.2, -0.15) is 5.10 Å². The first kappa shape index (κ1) is 24.6. The van der Waals surface area contributed by atoms with Crippen molar-refractivity contribution in [1.82, 2.24) is 24.2 Å². The molecule has 0 aliphatic carbocycles. The SMILES string of the molecule is CCc1ccc(-c2ccc3c(CCN(C)C4CCS(=O)(=O)CC4)cn(-c4cnn(C)c4)c3n2)cc1F. The normalized spacial score (nSPS) is 16.2. The van der Waals surface area contributed by atoms with Gasteiger partial charge in [-0.3, -0.25) is 9.25 Å². The number of nitrogens with zero attached hydrogens (tertiary/aromatic N) is 5. The van der Waals surface area contributed by atoms with Crippen LogP contribution in [0.25, 0.3) is 28.0 Å². The summed E-state index contributed by atoms with van der Waals surface area (Å²) in [7, 11) is 1.08. The number of benzene rings is 1. The van der Waals surface area contributed by atoms with Gasteiger partial charge in [-0.1, -0.05) is 19.1 Å². The Kier molecular flexibility index (Phi) is 6.70. The first-order valence-corrected chi connectivity index (χ1v) is 14.3. The molecule has 0 N–H and O–H groups in total. The Bertz CT molecular complexity index is 1490. The van der Waals surface area contributed by atoms with E-state index in [1.807, 2.05) is 49.1 Å². The van der Waals surface area contributed by atoms with Crippen molar-refractivity contribution in [3.63, 3.8) is 0 Å². The third kappa shape index (κ3) is 4.95. The predicted molar refractivity (Wildman–Crippen MR) is 141 cm³/mol. The van der Waals surface area contributed by atoms with E-state index in [2.05, 4.69) is 29.3 Å². The van der Waals surface area contributed by atoms with Crippen molar-refractivity contribution in [3.8, 4) is 16.9 Å². The number of hydrogen-bond donors (Lipinski definition) is 0. The molecule has 5 rings (SSSR count). The molecular weight excluding hydrogens is 477 g/mol. The molecule has 1 aliphatic heterocycles. The third-order valence-electron chi connectivity index (χ3n) is 7.31. The van der Waals surface area contributed by atoms with Crippen LogP contribution >= 0.6 is 0 Å². The van der Waals surface area contributed by atoms with E-state index in [-0.39, 0.29) is 23.4 Å². The Morgan fingerprint density at radius 3 is 2.56 bits per heavy atom. The van der Waals surface area contributed by atoms with Gasteiger partial charge in [0.15, 0.2) is 0 Å². The lowest BCUT2D eigenvalue weighted by Gasteiger charge is -2.31. The topological polar surface area (TPSA) is 73.0 Å². The molecule has 36 heavy (non-hydrogen) atoms. The van der Waals surface area contributed by atoms with Gasteiger partial charge >= 0.3 is 0 Å². The van der Waals surface area contributed by atoms with Crippen LogP contribution in [0.5, 0.6) is 0 Å². The van der Waals surface area contributed by atoms with E-state index in [4.69, 9.17) is 4.98 Å². The fourth-order valence-electron chi connectivity index (χ4n) is 5.05. The summed E-state index contributed by atoms with van der Waals surface area (Å²) in [6.07, 6.45) is 8.70. The Hall–Kier alpha value is -3.04. The molecule has 0 unspecified atom stereocenters. The maximum Gasteiger partial charge on any atom is 0.150 e. The van der Waals surface area contributed by atoms with Crippen LogP contribution in [0.1, 0.15) is 30.9 Å². The Morgan fingerprint density at radius 1 is 1.11 bits per heavy atom. The molecule has 0 amide bonds. The van der Waals surface area contributed by atoms with Crippen LogP contribution in [-0.4, -0.2) is 63.8 Å². The Labute approximate surface area is 211 Å². The first-order chi connectivity index (χ1) is 17.2. The number of aryl methyl sites for hydroxylation is 2. The molecule has 4 heterocycles. The number of likely N-dealkylation sites (N-methyl/N-ethyl adjacent to an activating group) is 1. The average Bonchev–Trinajstić information content (AvgIpc) is 3.45. The standard InChI is InChI=1S/C27H32FN5O2S/c1-4-19-5-6-20(15-25(19)28)26-8-7-24-21(9-12-31(2)22-10-13-36(34,35)14-11-22)17-33(27(24)30-26)23-16-29-32(3)18-23/h5-8,15-18,22H,4,9-14H2,1-3H3. The molecule has 0 atom stereocenters. The molecular formula is C27H32FN5O2S. The summed E-state index contributed by atoms with van der Waals surface area (Å²) in [5.74, 6) is 0.336. The molecule has 1 saturated heterocycles. The van der Waals surface area contributed by atoms with Crippen molar-refractivity contribution in [2.45, 2.75) is 38.6 Å². The van der Waals surface area contributed by atoms with Gasteiger partial charge in [-0.05, 0) is 62.1 Å². The largest absolute Gasteiger partial charge is 0.303 e. The molecule has 0 bridgehead atoms. The summed E-state index contributed by atoms with van der Waals surface area (Å²) >= 11 is 0. The van der Waals surface area contributed by atoms with Crippen LogP contribution in [0.15, 0.2) is 48.9 Å². The van der Waals surface area contributed by atoms with E-state index >= 15 is 0 Å². The van der Waals surface area contributed by atoms with Crippen molar-refractivity contribution >= 4 is 20.9 Å². The average molecular weight is 510 g/mol. The van der Waals surface area contributed by atoms with Gasteiger partial charge in [0, 0.05) is 43.0 Å². The lowest BCUT2D eigenvalue weighted by Crippen LogP contribution is -2.39. The summed E-state index contributed by atoms with van der Waals surface area (Å²) in [5.41, 5.74) is 5.05. The minimum Gasteiger partial charge on any atom is -0.303 e. The summed E-state index contributed by atoms with van der Waals surface area (Å²) in [6.45, 7) is 2.76. The smallest absolute Gasteiger partial charge is 0.150 e. The van der Waals surface area contributed by atoms with E-state index in [1.165, 1.54) is 0 Å². The van der Waals surface area contributed by atoms with Crippen molar-refractivity contribution < 1.29 is 12.8 Å². The maximum absolute atomic E-state index is 14.5. The fraction of sp³-hybridized carbons (Fsp3) is 0.407. The predicted octanol–water partition coefficient (Wildman–Crippen LogP) is 4.18. The zero-order chi connectivity index (χ0) is 25.4. The van der Waals surface area contributed by atoms with Crippen molar-refractivity contribution in [3.05, 3.63) is 65.9 Å². The second-order valence-corrected chi connectivity index (χ2v) is 12.0. The summed E-state index contributed by atoms with van der Waals surface area (Å²) in [6, 6.07) is 9.62. The van der Waals surface area contributed by atoms with Crippen LogP contribution in [-0.2, 0) is 29.7 Å². The van der Waals surface area contributed by atoms with Gasteiger partial charge in [-0.25, -0.2) is 17.8 Å². The molecule has 7 nitrogen and oxygen atoms in total. The van der Waals surface area contributed by atoms with E-state index in [0.29, 0.717) is 24.8 Å². The minimum atomic E-state index is -2.87. The lowest BCUT2D eigenvalue weighted by atomic mass is 10.0. The number of hydrogen-bond acceptors (Lipinski definition) is 5. The maximum atomic E-state index is 14.5. The van der Waals surface area contributed by atoms with Crippen LogP contribution < -0.4 is 0 Å². The molecule has 3 aromatic heterocycles. The zero-order valence-corrected chi connectivity index (χ0v) is 21.8. The lowest BCUT2D eigenvalue weighted by molar-refractivity contribution is 0.229.